The maximum atomic E-state index is 12.1. The van der Waals surface area contributed by atoms with Gasteiger partial charge >= 0.3 is 0 Å². The van der Waals surface area contributed by atoms with Gasteiger partial charge in [-0.3, -0.25) is 25.0 Å². The van der Waals surface area contributed by atoms with E-state index in [0.29, 0.717) is 11.1 Å². The Kier molecular flexibility index (Phi) is 5.75. The van der Waals surface area contributed by atoms with Crippen molar-refractivity contribution in [3.8, 4) is 0 Å². The van der Waals surface area contributed by atoms with Crippen LogP contribution < -0.4 is 5.32 Å². The van der Waals surface area contributed by atoms with E-state index in [1.807, 2.05) is 0 Å². The van der Waals surface area contributed by atoms with E-state index in [2.05, 4.69) is 15.5 Å². The first-order valence-electron chi connectivity index (χ1n) is 7.99. The molecule has 11 heteroatoms. The first-order valence-corrected chi connectivity index (χ1v) is 8.87. The summed E-state index contributed by atoms with van der Waals surface area (Å²) in [6.07, 6.45) is 1.52. The van der Waals surface area contributed by atoms with Crippen molar-refractivity contribution in [2.45, 2.75) is 11.7 Å². The Balaban J connectivity index is 1.68. The molecule has 1 aliphatic rings. The Hall–Kier alpha value is -3.60. The molecule has 2 aromatic rings. The van der Waals surface area contributed by atoms with Gasteiger partial charge in [0.2, 0.25) is 5.91 Å². The minimum Gasteiger partial charge on any atom is -0.303 e. The van der Waals surface area contributed by atoms with Crippen LogP contribution in [0.3, 0.4) is 0 Å². The number of rotatable bonds is 6. The van der Waals surface area contributed by atoms with Crippen molar-refractivity contribution in [2.75, 3.05) is 0 Å². The number of amides is 1. The van der Waals surface area contributed by atoms with Gasteiger partial charge in [-0.1, -0.05) is 42.1 Å². The lowest BCUT2D eigenvalue weighted by molar-refractivity contribution is -0.385. The van der Waals surface area contributed by atoms with Crippen LogP contribution in [0.5, 0.6) is 0 Å². The predicted octanol–water partition coefficient (Wildman–Crippen LogP) is 2.67. The van der Waals surface area contributed by atoms with Crippen LogP contribution in [0.25, 0.3) is 0 Å². The predicted molar refractivity (Wildman–Crippen MR) is 104 cm³/mol. The molecular weight excluding hydrogens is 386 g/mol. The number of nitro benzene ring substituents is 2. The van der Waals surface area contributed by atoms with E-state index < -0.39 is 15.1 Å². The Morgan fingerprint density at radius 2 is 1.89 bits per heavy atom. The zero-order valence-electron chi connectivity index (χ0n) is 14.2. The third-order valence-corrected chi connectivity index (χ3v) is 4.88. The van der Waals surface area contributed by atoms with E-state index in [0.717, 1.165) is 11.8 Å². The van der Waals surface area contributed by atoms with Gasteiger partial charge in [0, 0.05) is 35.7 Å². The Labute approximate surface area is 162 Å². The summed E-state index contributed by atoms with van der Waals surface area (Å²) in [4.78, 5) is 33.0. The normalized spacial score (nSPS) is 17.8. The summed E-state index contributed by atoms with van der Waals surface area (Å²) in [5, 5.41) is 31.9. The highest BCUT2D eigenvalue weighted by Crippen LogP contribution is 2.27. The third kappa shape index (κ3) is 4.57. The fraction of sp³-hybridized carbons (Fsp3) is 0.118. The average molecular weight is 399 g/mol. The lowest BCUT2D eigenvalue weighted by Crippen LogP contribution is -2.26. The maximum Gasteiger partial charge on any atom is 0.272 e. The second-order valence-electron chi connectivity index (χ2n) is 5.69. The number of amidine groups is 1. The summed E-state index contributed by atoms with van der Waals surface area (Å²) in [5.41, 5.74) is 0.848. The number of carbonyl (C=O) groups is 1. The number of nitro groups is 2. The van der Waals surface area contributed by atoms with E-state index in [-0.39, 0.29) is 28.9 Å². The summed E-state index contributed by atoms with van der Waals surface area (Å²) >= 11 is 1.12. The van der Waals surface area contributed by atoms with Gasteiger partial charge in [0.05, 0.1) is 21.3 Å². The van der Waals surface area contributed by atoms with Crippen LogP contribution in [-0.4, -0.2) is 32.4 Å². The molecule has 0 bridgehead atoms. The molecule has 3 rings (SSSR count). The van der Waals surface area contributed by atoms with Gasteiger partial charge in [0.1, 0.15) is 0 Å². The van der Waals surface area contributed by atoms with E-state index >= 15 is 0 Å². The molecule has 142 valence electrons. The van der Waals surface area contributed by atoms with E-state index in [4.69, 9.17) is 0 Å². The van der Waals surface area contributed by atoms with Gasteiger partial charge in [0.15, 0.2) is 5.17 Å². The third-order valence-electron chi connectivity index (χ3n) is 3.81. The number of hydrogen-bond acceptors (Lipinski definition) is 8. The fourth-order valence-corrected chi connectivity index (χ4v) is 3.47. The molecule has 0 aromatic heterocycles. The standard InChI is InChI=1S/C17H13N5O5S/c23-16-15(9-12-5-1-2-7-14(12)22(26)27)28-17(19-16)20-18-10-11-4-3-6-13(8-11)21(24)25/h1-8,10,15H,9H2,(H,19,20,23). The second-order valence-corrected chi connectivity index (χ2v) is 6.88. The Morgan fingerprint density at radius 3 is 2.64 bits per heavy atom. The molecule has 0 spiro atoms. The number of para-hydroxylation sites is 1. The number of thioether (sulfide) groups is 1. The number of benzene rings is 2. The van der Waals surface area contributed by atoms with Gasteiger partial charge in [-0.25, -0.2) is 0 Å². The highest BCUT2D eigenvalue weighted by atomic mass is 32.2. The summed E-state index contributed by atoms with van der Waals surface area (Å²) in [6.45, 7) is 0. The monoisotopic (exact) mass is 399 g/mol. The second kappa shape index (κ2) is 8.39. The molecule has 1 saturated heterocycles. The van der Waals surface area contributed by atoms with Crippen molar-refractivity contribution in [3.05, 3.63) is 79.9 Å². The molecule has 1 N–H and O–H groups in total. The molecule has 10 nitrogen and oxygen atoms in total. The number of nitrogens with zero attached hydrogens (tertiary/aromatic N) is 4. The maximum absolute atomic E-state index is 12.1. The van der Waals surface area contributed by atoms with Crippen LogP contribution >= 0.6 is 11.8 Å². The lowest BCUT2D eigenvalue weighted by Gasteiger charge is -2.05. The van der Waals surface area contributed by atoms with Crippen molar-refractivity contribution >= 4 is 40.4 Å². The summed E-state index contributed by atoms with van der Waals surface area (Å²) in [6, 6.07) is 12.1. The quantitative estimate of drug-likeness (QED) is 0.450. The molecule has 1 atom stereocenters. The molecule has 28 heavy (non-hydrogen) atoms. The first kappa shape index (κ1) is 19.2. The highest BCUT2D eigenvalue weighted by molar-refractivity contribution is 8.15. The number of carbonyl (C=O) groups excluding carboxylic acids is 1. The van der Waals surface area contributed by atoms with Crippen LogP contribution in [-0.2, 0) is 11.2 Å². The van der Waals surface area contributed by atoms with E-state index in [1.54, 1.807) is 24.3 Å². The molecule has 1 aliphatic heterocycles. The smallest absolute Gasteiger partial charge is 0.272 e. The number of hydrogen-bond donors (Lipinski definition) is 1. The van der Waals surface area contributed by atoms with Crippen molar-refractivity contribution in [1.82, 2.24) is 5.32 Å². The summed E-state index contributed by atoms with van der Waals surface area (Å²) < 4.78 is 0. The van der Waals surface area contributed by atoms with Crippen molar-refractivity contribution in [3.63, 3.8) is 0 Å². The van der Waals surface area contributed by atoms with Crippen molar-refractivity contribution in [1.29, 1.82) is 0 Å². The fourth-order valence-electron chi connectivity index (χ4n) is 2.51. The van der Waals surface area contributed by atoms with Gasteiger partial charge < -0.3 is 5.32 Å². The van der Waals surface area contributed by atoms with Crippen molar-refractivity contribution < 1.29 is 14.6 Å². The van der Waals surface area contributed by atoms with Crippen LogP contribution in [0.4, 0.5) is 11.4 Å². The SMILES string of the molecule is O=C1NC(=NN=Cc2cccc([N+](=O)[O-])c2)SC1Cc1ccccc1[N+](=O)[O-]. The minimum absolute atomic E-state index is 0.0371. The Morgan fingerprint density at radius 1 is 1.11 bits per heavy atom. The molecule has 1 amide bonds. The van der Waals surface area contributed by atoms with Crippen LogP contribution in [0, 0.1) is 20.2 Å². The van der Waals surface area contributed by atoms with Gasteiger partial charge in [-0.05, 0) is 0 Å². The molecule has 1 fully saturated rings. The first-order chi connectivity index (χ1) is 13.4. The minimum atomic E-state index is -0.562. The Bertz CT molecular complexity index is 1010. The summed E-state index contributed by atoms with van der Waals surface area (Å²) in [5.74, 6) is -0.313. The summed E-state index contributed by atoms with van der Waals surface area (Å²) in [7, 11) is 0. The molecule has 0 aliphatic carbocycles. The zero-order valence-corrected chi connectivity index (χ0v) is 15.0. The molecule has 1 unspecified atom stereocenters. The van der Waals surface area contributed by atoms with Gasteiger partial charge in [0.25, 0.3) is 11.4 Å². The molecule has 1 heterocycles. The van der Waals surface area contributed by atoms with E-state index in [9.17, 15) is 25.0 Å². The zero-order chi connectivity index (χ0) is 20.1. The number of non-ortho nitro benzene ring substituents is 1. The van der Waals surface area contributed by atoms with Crippen LogP contribution in [0.1, 0.15) is 11.1 Å². The molecule has 0 saturated carbocycles. The lowest BCUT2D eigenvalue weighted by atomic mass is 10.1. The van der Waals surface area contributed by atoms with Crippen LogP contribution in [0.15, 0.2) is 58.7 Å². The van der Waals surface area contributed by atoms with Gasteiger partial charge in [-0.2, -0.15) is 5.10 Å². The molecular formula is C17H13N5O5S. The molecule has 0 radical (unpaired) electrons. The van der Waals surface area contributed by atoms with Crippen molar-refractivity contribution in [2.24, 2.45) is 10.2 Å². The largest absolute Gasteiger partial charge is 0.303 e. The highest BCUT2D eigenvalue weighted by Gasteiger charge is 2.32. The van der Waals surface area contributed by atoms with Crippen LogP contribution in [0.2, 0.25) is 0 Å². The topological polar surface area (TPSA) is 140 Å². The average Bonchev–Trinajstić information content (AvgIpc) is 3.01. The van der Waals surface area contributed by atoms with E-state index in [1.165, 1.54) is 30.5 Å². The van der Waals surface area contributed by atoms with Gasteiger partial charge in [-0.15, -0.1) is 5.10 Å². The molecule has 2 aromatic carbocycles. The number of nitrogens with one attached hydrogen (secondary N) is 1.